The van der Waals surface area contributed by atoms with Gasteiger partial charge in [-0.1, -0.05) is 5.16 Å². The van der Waals surface area contributed by atoms with Crippen molar-refractivity contribution in [2.24, 2.45) is 0 Å². The number of aromatic nitrogens is 1. The number of halogens is 4. The molecule has 1 aromatic heterocycles. The van der Waals surface area contributed by atoms with Crippen LogP contribution in [0.25, 0.3) is 22.6 Å². The number of aliphatic hydroxyl groups is 1. The van der Waals surface area contributed by atoms with Gasteiger partial charge >= 0.3 is 0 Å². The van der Waals surface area contributed by atoms with Crippen molar-refractivity contribution in [1.29, 1.82) is 0 Å². The van der Waals surface area contributed by atoms with Gasteiger partial charge in [-0.15, -0.1) is 0 Å². The van der Waals surface area contributed by atoms with Crippen molar-refractivity contribution < 1.29 is 27.2 Å². The predicted octanol–water partition coefficient (Wildman–Crippen LogP) is 4.06. The summed E-state index contributed by atoms with van der Waals surface area (Å²) in [4.78, 5) is 0. The van der Waals surface area contributed by atoms with Gasteiger partial charge in [-0.3, -0.25) is 0 Å². The third-order valence-corrected chi connectivity index (χ3v) is 3.21. The van der Waals surface area contributed by atoms with E-state index in [-0.39, 0.29) is 28.1 Å². The highest BCUT2D eigenvalue weighted by Crippen LogP contribution is 2.33. The lowest BCUT2D eigenvalue weighted by atomic mass is 10.0. The molecular formula is C16H9F4NO2. The fourth-order valence-corrected chi connectivity index (χ4v) is 2.29. The molecule has 0 spiro atoms. The Morgan fingerprint density at radius 2 is 1.26 bits per heavy atom. The zero-order valence-corrected chi connectivity index (χ0v) is 11.5. The topological polar surface area (TPSA) is 46.3 Å². The van der Waals surface area contributed by atoms with Crippen molar-refractivity contribution >= 4 is 0 Å². The Morgan fingerprint density at radius 3 is 1.74 bits per heavy atom. The van der Waals surface area contributed by atoms with Gasteiger partial charge in [0.15, 0.2) is 5.76 Å². The monoisotopic (exact) mass is 323 g/mol. The molecule has 0 saturated carbocycles. The second-order valence-electron chi connectivity index (χ2n) is 4.81. The van der Waals surface area contributed by atoms with E-state index in [0.29, 0.717) is 12.1 Å². The largest absolute Gasteiger partial charge is 0.391 e. The predicted molar refractivity (Wildman–Crippen MR) is 73.1 cm³/mol. The molecule has 7 heteroatoms. The van der Waals surface area contributed by atoms with Gasteiger partial charge in [0.25, 0.3) is 0 Å². The van der Waals surface area contributed by atoms with Crippen LogP contribution in [-0.2, 0) is 6.61 Å². The number of benzene rings is 2. The molecule has 0 fully saturated rings. The normalized spacial score (nSPS) is 11.0. The molecular weight excluding hydrogens is 314 g/mol. The van der Waals surface area contributed by atoms with Crippen molar-refractivity contribution in [2.45, 2.75) is 6.61 Å². The highest BCUT2D eigenvalue weighted by Gasteiger charge is 2.20. The van der Waals surface area contributed by atoms with E-state index >= 15 is 0 Å². The second kappa shape index (κ2) is 5.85. The number of hydrogen-bond donors (Lipinski definition) is 1. The van der Waals surface area contributed by atoms with E-state index in [9.17, 15) is 22.7 Å². The highest BCUT2D eigenvalue weighted by atomic mass is 19.1. The zero-order chi connectivity index (χ0) is 16.6. The van der Waals surface area contributed by atoms with Crippen LogP contribution in [0, 0.1) is 23.3 Å². The maximum absolute atomic E-state index is 13.3. The SMILES string of the molecule is OCc1c(-c2cc(F)cc(F)c2)noc1-c1cc(F)cc(F)c1. The van der Waals surface area contributed by atoms with Crippen LogP contribution in [0.4, 0.5) is 17.6 Å². The number of hydrogen-bond acceptors (Lipinski definition) is 3. The van der Waals surface area contributed by atoms with Gasteiger partial charge in [-0.2, -0.15) is 0 Å². The van der Waals surface area contributed by atoms with Crippen LogP contribution >= 0.6 is 0 Å². The Morgan fingerprint density at radius 1 is 0.783 bits per heavy atom. The van der Waals surface area contributed by atoms with Crippen molar-refractivity contribution in [3.63, 3.8) is 0 Å². The number of nitrogens with zero attached hydrogens (tertiary/aromatic N) is 1. The highest BCUT2D eigenvalue weighted by molar-refractivity contribution is 5.72. The van der Waals surface area contributed by atoms with E-state index in [0.717, 1.165) is 24.3 Å². The van der Waals surface area contributed by atoms with E-state index in [2.05, 4.69) is 5.16 Å². The molecule has 0 aliphatic rings. The average Bonchev–Trinajstić information content (AvgIpc) is 2.88. The summed E-state index contributed by atoms with van der Waals surface area (Å²) in [5.41, 5.74) is 0.117. The van der Waals surface area contributed by atoms with Gasteiger partial charge in [0.2, 0.25) is 0 Å². The van der Waals surface area contributed by atoms with E-state index < -0.39 is 29.9 Å². The first-order valence-electron chi connectivity index (χ1n) is 6.50. The van der Waals surface area contributed by atoms with Gasteiger partial charge in [0.1, 0.15) is 29.0 Å². The fourth-order valence-electron chi connectivity index (χ4n) is 2.29. The molecule has 3 nitrogen and oxygen atoms in total. The van der Waals surface area contributed by atoms with Gasteiger partial charge in [0.05, 0.1) is 12.2 Å². The summed E-state index contributed by atoms with van der Waals surface area (Å²) in [6, 6.07) is 5.38. The van der Waals surface area contributed by atoms with Crippen LogP contribution in [0.5, 0.6) is 0 Å². The lowest BCUT2D eigenvalue weighted by molar-refractivity contribution is 0.281. The summed E-state index contributed by atoms with van der Waals surface area (Å²) in [7, 11) is 0. The minimum absolute atomic E-state index is 0.00873. The first-order chi connectivity index (χ1) is 11.0. The standard InChI is InChI=1S/C16H9F4NO2/c17-10-1-8(2-11(18)5-10)15-14(7-22)16(23-21-15)9-3-12(19)6-13(20)4-9/h1-6,22H,7H2. The minimum Gasteiger partial charge on any atom is -0.391 e. The van der Waals surface area contributed by atoms with E-state index in [1.165, 1.54) is 0 Å². The first kappa shape index (κ1) is 15.2. The maximum atomic E-state index is 13.3. The van der Waals surface area contributed by atoms with E-state index in [1.54, 1.807) is 0 Å². The average molecular weight is 323 g/mol. The van der Waals surface area contributed by atoms with Crippen molar-refractivity contribution in [2.75, 3.05) is 0 Å². The van der Waals surface area contributed by atoms with Gasteiger partial charge < -0.3 is 9.63 Å². The van der Waals surface area contributed by atoms with Crippen molar-refractivity contribution in [1.82, 2.24) is 5.16 Å². The Hall–Kier alpha value is -2.67. The molecule has 2 aromatic carbocycles. The molecule has 0 bridgehead atoms. The molecule has 0 amide bonds. The molecule has 0 saturated heterocycles. The fraction of sp³-hybridized carbons (Fsp3) is 0.0625. The van der Waals surface area contributed by atoms with Gasteiger partial charge in [0, 0.05) is 23.3 Å². The van der Waals surface area contributed by atoms with E-state index in [1.807, 2.05) is 0 Å². The second-order valence-corrected chi connectivity index (χ2v) is 4.81. The van der Waals surface area contributed by atoms with Crippen LogP contribution in [0.2, 0.25) is 0 Å². The van der Waals surface area contributed by atoms with Gasteiger partial charge in [-0.25, -0.2) is 17.6 Å². The Kier molecular flexibility index (Phi) is 3.87. The summed E-state index contributed by atoms with van der Waals surface area (Å²) in [5.74, 6) is -3.40. The van der Waals surface area contributed by atoms with E-state index in [4.69, 9.17) is 4.52 Å². The number of aliphatic hydroxyl groups excluding tert-OH is 1. The van der Waals surface area contributed by atoms with Crippen LogP contribution in [0.1, 0.15) is 5.56 Å². The third kappa shape index (κ3) is 2.95. The molecule has 0 aliphatic carbocycles. The first-order valence-corrected chi connectivity index (χ1v) is 6.50. The molecule has 0 aliphatic heterocycles. The molecule has 3 aromatic rings. The Labute approximate surface area is 127 Å². The molecule has 0 unspecified atom stereocenters. The number of rotatable bonds is 3. The summed E-state index contributed by atoms with van der Waals surface area (Å²) < 4.78 is 58.3. The summed E-state index contributed by atoms with van der Waals surface area (Å²) in [6.45, 7) is -0.593. The summed E-state index contributed by atoms with van der Waals surface area (Å²) >= 11 is 0. The lowest BCUT2D eigenvalue weighted by Crippen LogP contribution is -1.92. The van der Waals surface area contributed by atoms with Crippen LogP contribution in [0.3, 0.4) is 0 Å². The maximum Gasteiger partial charge on any atom is 0.173 e. The molecule has 1 N–H and O–H groups in total. The minimum atomic E-state index is -0.835. The molecule has 0 radical (unpaired) electrons. The van der Waals surface area contributed by atoms with Crippen LogP contribution in [-0.4, -0.2) is 10.3 Å². The molecule has 0 atom stereocenters. The lowest BCUT2D eigenvalue weighted by Gasteiger charge is -2.03. The molecule has 3 rings (SSSR count). The molecule has 23 heavy (non-hydrogen) atoms. The Balaban J connectivity index is 2.16. The third-order valence-electron chi connectivity index (χ3n) is 3.21. The zero-order valence-electron chi connectivity index (χ0n) is 11.5. The van der Waals surface area contributed by atoms with Crippen LogP contribution < -0.4 is 0 Å². The van der Waals surface area contributed by atoms with Crippen molar-refractivity contribution in [3.05, 3.63) is 65.2 Å². The molecule has 1 heterocycles. The van der Waals surface area contributed by atoms with Crippen LogP contribution in [0.15, 0.2) is 40.9 Å². The summed E-state index contributed by atoms with van der Waals surface area (Å²) in [5, 5.41) is 13.2. The van der Waals surface area contributed by atoms with Crippen molar-refractivity contribution in [3.8, 4) is 22.6 Å². The smallest absolute Gasteiger partial charge is 0.173 e. The summed E-state index contributed by atoms with van der Waals surface area (Å²) in [6.07, 6.45) is 0. The van der Waals surface area contributed by atoms with Gasteiger partial charge in [-0.05, 0) is 24.3 Å². The quantitative estimate of drug-likeness (QED) is 0.740. The Bertz CT molecular complexity index is 767. The molecule has 118 valence electrons.